The molecule has 128 valence electrons. The highest BCUT2D eigenvalue weighted by Crippen LogP contribution is 2.22. The van der Waals surface area contributed by atoms with Gasteiger partial charge in [0.25, 0.3) is 0 Å². The number of rotatable bonds is 11. The molecule has 8 heteroatoms. The van der Waals surface area contributed by atoms with Gasteiger partial charge in [0.05, 0.1) is 6.61 Å². The maximum atomic E-state index is 11.5. The van der Waals surface area contributed by atoms with Gasteiger partial charge in [0, 0.05) is 19.7 Å². The minimum atomic E-state index is -1.34. The molecule has 0 spiro atoms. The summed E-state index contributed by atoms with van der Waals surface area (Å²) in [6, 6.07) is 0.354. The molecule has 1 fully saturated rings. The highest BCUT2D eigenvalue weighted by atomic mass is 16.5. The minimum absolute atomic E-state index is 0.248. The molecule has 1 rings (SSSR count). The smallest absolute Gasteiger partial charge is 0.451 e. The van der Waals surface area contributed by atoms with Crippen LogP contribution in [0, 0.1) is 0 Å². The molecule has 7 nitrogen and oxygen atoms in total. The number of aliphatic carboxylic acids is 1. The van der Waals surface area contributed by atoms with Crippen LogP contribution in [0.15, 0.2) is 0 Å². The summed E-state index contributed by atoms with van der Waals surface area (Å²) in [6.07, 6.45) is 4.29. The van der Waals surface area contributed by atoms with Crippen LogP contribution in [-0.2, 0) is 9.53 Å². The minimum Gasteiger partial charge on any atom is -0.480 e. The fraction of sp³-hybridized carbons (Fsp3) is 0.929. The Labute approximate surface area is 132 Å². The van der Waals surface area contributed by atoms with E-state index in [9.17, 15) is 9.90 Å². The van der Waals surface area contributed by atoms with E-state index >= 15 is 0 Å². The van der Waals surface area contributed by atoms with Crippen LogP contribution in [0.4, 0.5) is 0 Å². The predicted octanol–water partition coefficient (Wildman–Crippen LogP) is -0.0875. The lowest BCUT2D eigenvalue weighted by Crippen LogP contribution is -2.50. The Balaban J connectivity index is 2.43. The third-order valence-electron chi connectivity index (χ3n) is 4.46. The van der Waals surface area contributed by atoms with Gasteiger partial charge in [-0.05, 0) is 38.5 Å². The zero-order chi connectivity index (χ0) is 16.6. The van der Waals surface area contributed by atoms with Crippen LogP contribution in [0.3, 0.4) is 0 Å². The third-order valence-corrected chi connectivity index (χ3v) is 4.46. The average molecular weight is 316 g/mol. The molecule has 2 atom stereocenters. The van der Waals surface area contributed by atoms with E-state index < -0.39 is 18.6 Å². The summed E-state index contributed by atoms with van der Waals surface area (Å²) in [6.45, 7) is 2.28. The number of carboxylic acids is 1. The number of hydrogen-bond donors (Lipinski definition) is 4. The number of unbranched alkanes of at least 4 members (excludes halogenated alkanes) is 1. The standard InChI is InChI=1S/C14H29BN2O5/c1-22-11-12-5-4-9-17(12)10-7-14(16,13(18)19)6-2-3-8-15(20)21/h12,20-21H,2-11,16H2,1H3,(H,18,19)/t12-,14?/m0/s1. The summed E-state index contributed by atoms with van der Waals surface area (Å²) in [5.74, 6) is -0.987. The first-order valence-electron chi connectivity index (χ1n) is 8.00. The molecule has 1 aliphatic rings. The molecule has 0 amide bonds. The maximum Gasteiger partial charge on any atom is 0.451 e. The molecule has 5 N–H and O–H groups in total. The topological polar surface area (TPSA) is 116 Å². The number of methoxy groups -OCH3 is 1. The van der Waals surface area contributed by atoms with Gasteiger partial charge < -0.3 is 25.6 Å². The highest BCUT2D eigenvalue weighted by molar-refractivity contribution is 6.40. The summed E-state index contributed by atoms with van der Waals surface area (Å²) < 4.78 is 5.20. The van der Waals surface area contributed by atoms with Crippen molar-refractivity contribution in [3.8, 4) is 0 Å². The molecule has 0 aromatic carbocycles. The van der Waals surface area contributed by atoms with Crippen LogP contribution in [0.2, 0.25) is 6.32 Å². The number of carbonyl (C=O) groups is 1. The molecule has 1 aliphatic heterocycles. The van der Waals surface area contributed by atoms with Crippen molar-refractivity contribution in [2.24, 2.45) is 5.73 Å². The van der Waals surface area contributed by atoms with Gasteiger partial charge in [0.2, 0.25) is 0 Å². The van der Waals surface area contributed by atoms with Crippen molar-refractivity contribution in [1.29, 1.82) is 0 Å². The van der Waals surface area contributed by atoms with E-state index in [1.807, 2.05) is 0 Å². The highest BCUT2D eigenvalue weighted by Gasteiger charge is 2.35. The van der Waals surface area contributed by atoms with Crippen molar-refractivity contribution in [2.75, 3.05) is 26.8 Å². The van der Waals surface area contributed by atoms with Crippen LogP contribution in [0.25, 0.3) is 0 Å². The van der Waals surface area contributed by atoms with Crippen molar-refractivity contribution < 1.29 is 24.7 Å². The number of hydrogen-bond acceptors (Lipinski definition) is 6. The van der Waals surface area contributed by atoms with Gasteiger partial charge in [-0.1, -0.05) is 12.8 Å². The van der Waals surface area contributed by atoms with Crippen LogP contribution < -0.4 is 5.73 Å². The van der Waals surface area contributed by atoms with Gasteiger partial charge in [-0.2, -0.15) is 0 Å². The lowest BCUT2D eigenvalue weighted by Gasteiger charge is -2.30. The van der Waals surface area contributed by atoms with Crippen molar-refractivity contribution in [3.63, 3.8) is 0 Å². The molecule has 22 heavy (non-hydrogen) atoms. The average Bonchev–Trinajstić information content (AvgIpc) is 2.89. The van der Waals surface area contributed by atoms with E-state index in [0.717, 1.165) is 19.4 Å². The number of carboxylic acid groups (broad SMARTS) is 1. The number of nitrogens with two attached hydrogens (primary N) is 1. The molecule has 0 aromatic heterocycles. The molecule has 1 heterocycles. The molecule has 1 unspecified atom stereocenters. The number of likely N-dealkylation sites (tertiary alicyclic amines) is 1. The maximum absolute atomic E-state index is 11.5. The molecule has 0 aromatic rings. The largest absolute Gasteiger partial charge is 0.480 e. The Morgan fingerprint density at radius 3 is 2.73 bits per heavy atom. The van der Waals surface area contributed by atoms with Crippen molar-refractivity contribution in [3.05, 3.63) is 0 Å². The van der Waals surface area contributed by atoms with E-state index in [0.29, 0.717) is 44.9 Å². The molecular formula is C14H29BN2O5. The second-order valence-corrected chi connectivity index (χ2v) is 6.23. The van der Waals surface area contributed by atoms with Crippen molar-refractivity contribution in [2.45, 2.75) is 56.4 Å². The Morgan fingerprint density at radius 2 is 2.14 bits per heavy atom. The van der Waals surface area contributed by atoms with Crippen LogP contribution in [-0.4, -0.2) is 71.5 Å². The summed E-state index contributed by atoms with van der Waals surface area (Å²) in [5, 5.41) is 27.0. The van der Waals surface area contributed by atoms with Gasteiger partial charge in [0.1, 0.15) is 5.54 Å². The Bertz CT molecular complexity index is 345. The molecule has 0 radical (unpaired) electrons. The van der Waals surface area contributed by atoms with Crippen molar-refractivity contribution in [1.82, 2.24) is 4.90 Å². The zero-order valence-corrected chi connectivity index (χ0v) is 13.4. The molecule has 0 saturated carbocycles. The Kier molecular flexibility index (Phi) is 8.34. The first-order chi connectivity index (χ1) is 10.4. The first-order valence-corrected chi connectivity index (χ1v) is 8.00. The zero-order valence-electron chi connectivity index (χ0n) is 13.4. The third kappa shape index (κ3) is 6.22. The van der Waals surface area contributed by atoms with Crippen LogP contribution in [0.1, 0.15) is 38.5 Å². The second-order valence-electron chi connectivity index (χ2n) is 6.23. The lowest BCUT2D eigenvalue weighted by atomic mass is 9.81. The fourth-order valence-electron chi connectivity index (χ4n) is 3.02. The van der Waals surface area contributed by atoms with E-state index in [1.165, 1.54) is 0 Å². The van der Waals surface area contributed by atoms with Crippen LogP contribution in [0.5, 0.6) is 0 Å². The summed E-state index contributed by atoms with van der Waals surface area (Å²) >= 11 is 0. The monoisotopic (exact) mass is 316 g/mol. The summed E-state index contributed by atoms with van der Waals surface area (Å²) in [4.78, 5) is 13.7. The molecule has 0 bridgehead atoms. The van der Waals surface area contributed by atoms with Gasteiger partial charge in [-0.3, -0.25) is 9.69 Å². The van der Waals surface area contributed by atoms with E-state index in [2.05, 4.69) is 4.90 Å². The molecule has 0 aliphatic carbocycles. The summed E-state index contributed by atoms with van der Waals surface area (Å²) in [7, 11) is 0.340. The predicted molar refractivity (Wildman–Crippen MR) is 84.5 cm³/mol. The number of ether oxygens (including phenoxy) is 1. The van der Waals surface area contributed by atoms with Gasteiger partial charge in [-0.15, -0.1) is 0 Å². The number of nitrogens with zero attached hydrogens (tertiary/aromatic N) is 1. The fourth-order valence-corrected chi connectivity index (χ4v) is 3.02. The van der Waals surface area contributed by atoms with Gasteiger partial charge >= 0.3 is 13.1 Å². The summed E-state index contributed by atoms with van der Waals surface area (Å²) in [5.41, 5.74) is 4.82. The Hall–Kier alpha value is -0.665. The van der Waals surface area contributed by atoms with Crippen LogP contribution >= 0.6 is 0 Å². The van der Waals surface area contributed by atoms with E-state index in [4.69, 9.17) is 20.5 Å². The SMILES string of the molecule is COC[C@@H]1CCCN1CCC(N)(CCCCB(O)O)C(=O)O. The van der Waals surface area contributed by atoms with Gasteiger partial charge in [-0.25, -0.2) is 0 Å². The van der Waals surface area contributed by atoms with E-state index in [1.54, 1.807) is 7.11 Å². The Morgan fingerprint density at radius 1 is 1.41 bits per heavy atom. The van der Waals surface area contributed by atoms with Gasteiger partial charge in [0.15, 0.2) is 0 Å². The normalized spacial score (nSPS) is 21.7. The van der Waals surface area contributed by atoms with Crippen molar-refractivity contribution >= 4 is 13.1 Å². The van der Waals surface area contributed by atoms with E-state index in [-0.39, 0.29) is 6.32 Å². The second kappa shape index (κ2) is 9.47. The first kappa shape index (κ1) is 19.4. The quantitative estimate of drug-likeness (QED) is 0.311. The molecular weight excluding hydrogens is 287 g/mol. The lowest BCUT2D eigenvalue weighted by molar-refractivity contribution is -0.144. The molecule has 1 saturated heterocycles.